The Morgan fingerprint density at radius 3 is 2.50 bits per heavy atom. The average Bonchev–Trinajstić information content (AvgIpc) is 2.48. The Morgan fingerprint density at radius 1 is 1.25 bits per heavy atom. The lowest BCUT2D eigenvalue weighted by Gasteiger charge is -2.28. The van der Waals surface area contributed by atoms with E-state index in [0.29, 0.717) is 6.61 Å². The van der Waals surface area contributed by atoms with Gasteiger partial charge in [0, 0.05) is 0 Å². The molecule has 0 aliphatic carbocycles. The van der Waals surface area contributed by atoms with Crippen LogP contribution >= 0.6 is 0 Å². The standard InChI is InChI=1S/C17H27NO2/c1-3-15-4-6-17(7-5-15)20-13-16(19)12-18-10-8-14(2)9-11-18/h4-7,14,16,19H,3,8-13H2,1-2H3/p+1/t16-/m1/s1. The van der Waals surface area contributed by atoms with E-state index in [1.54, 1.807) is 0 Å². The quantitative estimate of drug-likeness (QED) is 0.822. The Morgan fingerprint density at radius 2 is 1.90 bits per heavy atom. The van der Waals surface area contributed by atoms with E-state index in [4.69, 9.17) is 4.74 Å². The molecule has 3 nitrogen and oxygen atoms in total. The van der Waals surface area contributed by atoms with E-state index in [0.717, 1.165) is 24.6 Å². The van der Waals surface area contributed by atoms with Crippen molar-refractivity contribution in [2.75, 3.05) is 26.2 Å². The smallest absolute Gasteiger partial charge is 0.137 e. The van der Waals surface area contributed by atoms with E-state index >= 15 is 0 Å². The van der Waals surface area contributed by atoms with Crippen molar-refractivity contribution in [3.05, 3.63) is 29.8 Å². The number of nitrogens with one attached hydrogen (secondary N) is 1. The molecule has 0 unspecified atom stereocenters. The fourth-order valence-corrected chi connectivity index (χ4v) is 2.78. The first-order valence-corrected chi connectivity index (χ1v) is 7.90. The summed E-state index contributed by atoms with van der Waals surface area (Å²) in [6, 6.07) is 8.14. The van der Waals surface area contributed by atoms with Gasteiger partial charge in [-0.2, -0.15) is 0 Å². The minimum Gasteiger partial charge on any atom is -0.491 e. The number of quaternary nitrogens is 1. The first-order valence-electron chi connectivity index (χ1n) is 7.90. The molecule has 112 valence electrons. The molecule has 1 aromatic rings. The van der Waals surface area contributed by atoms with E-state index in [-0.39, 0.29) is 6.10 Å². The highest BCUT2D eigenvalue weighted by Crippen LogP contribution is 2.12. The monoisotopic (exact) mass is 278 g/mol. The van der Waals surface area contributed by atoms with E-state index in [2.05, 4.69) is 26.0 Å². The molecule has 1 aliphatic rings. The number of piperidine rings is 1. The van der Waals surface area contributed by atoms with Gasteiger partial charge in [-0.25, -0.2) is 0 Å². The molecular weight excluding hydrogens is 250 g/mol. The van der Waals surface area contributed by atoms with Crippen molar-refractivity contribution in [1.82, 2.24) is 0 Å². The summed E-state index contributed by atoms with van der Waals surface area (Å²) >= 11 is 0. The summed E-state index contributed by atoms with van der Waals surface area (Å²) in [7, 11) is 0. The summed E-state index contributed by atoms with van der Waals surface area (Å²) in [6.07, 6.45) is 3.23. The van der Waals surface area contributed by atoms with Crippen LogP contribution in [0.3, 0.4) is 0 Å². The molecule has 0 radical (unpaired) electrons. The van der Waals surface area contributed by atoms with Crippen LogP contribution in [0.4, 0.5) is 0 Å². The van der Waals surface area contributed by atoms with Gasteiger partial charge in [-0.15, -0.1) is 0 Å². The normalized spacial score (nSPS) is 24.4. The molecule has 2 rings (SSSR count). The first kappa shape index (κ1) is 15.3. The zero-order valence-electron chi connectivity index (χ0n) is 12.8. The number of ether oxygens (including phenoxy) is 1. The van der Waals surface area contributed by atoms with Crippen LogP contribution in [0.5, 0.6) is 5.75 Å². The summed E-state index contributed by atoms with van der Waals surface area (Å²) in [5, 5.41) is 10.1. The Labute approximate surface area is 122 Å². The van der Waals surface area contributed by atoms with Gasteiger partial charge in [-0.3, -0.25) is 0 Å². The van der Waals surface area contributed by atoms with Crippen molar-refractivity contribution < 1.29 is 14.7 Å². The van der Waals surface area contributed by atoms with Gasteiger partial charge in [0.15, 0.2) is 0 Å². The van der Waals surface area contributed by atoms with Crippen LogP contribution in [0.25, 0.3) is 0 Å². The second-order valence-electron chi connectivity index (χ2n) is 6.10. The number of hydrogen-bond donors (Lipinski definition) is 2. The lowest BCUT2D eigenvalue weighted by Crippen LogP contribution is -3.14. The number of rotatable bonds is 6. The van der Waals surface area contributed by atoms with Crippen molar-refractivity contribution in [3.63, 3.8) is 0 Å². The molecule has 1 fully saturated rings. The van der Waals surface area contributed by atoms with E-state index in [1.165, 1.54) is 36.4 Å². The Hall–Kier alpha value is -1.06. The van der Waals surface area contributed by atoms with Crippen molar-refractivity contribution in [3.8, 4) is 5.75 Å². The first-order chi connectivity index (χ1) is 9.67. The highest BCUT2D eigenvalue weighted by atomic mass is 16.5. The molecule has 0 aromatic heterocycles. The van der Waals surface area contributed by atoms with Gasteiger partial charge in [0.05, 0.1) is 13.1 Å². The molecule has 1 heterocycles. The van der Waals surface area contributed by atoms with Crippen LogP contribution in [0.1, 0.15) is 32.3 Å². The number of aryl methyl sites for hydroxylation is 1. The van der Waals surface area contributed by atoms with Gasteiger partial charge in [-0.05, 0) is 42.9 Å². The molecule has 1 aromatic carbocycles. The van der Waals surface area contributed by atoms with Crippen molar-refractivity contribution >= 4 is 0 Å². The fraction of sp³-hybridized carbons (Fsp3) is 0.647. The summed E-state index contributed by atoms with van der Waals surface area (Å²) in [6.45, 7) is 8.02. The van der Waals surface area contributed by atoms with Crippen LogP contribution < -0.4 is 9.64 Å². The number of aliphatic hydroxyl groups excluding tert-OH is 1. The minimum atomic E-state index is -0.371. The highest BCUT2D eigenvalue weighted by molar-refractivity contribution is 5.27. The molecule has 2 N–H and O–H groups in total. The van der Waals surface area contributed by atoms with Gasteiger partial charge in [0.25, 0.3) is 0 Å². The van der Waals surface area contributed by atoms with Gasteiger partial charge >= 0.3 is 0 Å². The molecule has 1 saturated heterocycles. The molecule has 1 aliphatic heterocycles. The number of benzene rings is 1. The maximum atomic E-state index is 10.1. The molecule has 0 saturated carbocycles. The summed E-state index contributed by atoms with van der Waals surface area (Å²) in [4.78, 5) is 1.51. The Balaban J connectivity index is 1.70. The third-order valence-corrected chi connectivity index (χ3v) is 4.28. The van der Waals surface area contributed by atoms with Gasteiger partial charge < -0.3 is 14.7 Å². The lowest BCUT2D eigenvalue weighted by atomic mass is 9.99. The zero-order chi connectivity index (χ0) is 14.4. The van der Waals surface area contributed by atoms with E-state index in [1.807, 2.05) is 12.1 Å². The van der Waals surface area contributed by atoms with Gasteiger partial charge in [0.2, 0.25) is 0 Å². The van der Waals surface area contributed by atoms with E-state index < -0.39 is 0 Å². The molecule has 0 amide bonds. The summed E-state index contributed by atoms with van der Waals surface area (Å²) in [5.74, 6) is 1.70. The van der Waals surface area contributed by atoms with Crippen LogP contribution in [0, 0.1) is 5.92 Å². The van der Waals surface area contributed by atoms with Crippen molar-refractivity contribution in [2.24, 2.45) is 5.92 Å². The molecule has 0 bridgehead atoms. The van der Waals surface area contributed by atoms with Gasteiger partial charge in [-0.1, -0.05) is 26.0 Å². The topological polar surface area (TPSA) is 33.9 Å². The van der Waals surface area contributed by atoms with Crippen LogP contribution in [0.2, 0.25) is 0 Å². The molecule has 0 spiro atoms. The zero-order valence-corrected chi connectivity index (χ0v) is 12.8. The number of aliphatic hydroxyl groups is 1. The summed E-state index contributed by atoms with van der Waals surface area (Å²) in [5.41, 5.74) is 1.31. The molecule has 20 heavy (non-hydrogen) atoms. The average molecular weight is 278 g/mol. The molecule has 1 atom stereocenters. The van der Waals surface area contributed by atoms with Crippen LogP contribution in [-0.4, -0.2) is 37.5 Å². The van der Waals surface area contributed by atoms with E-state index in [9.17, 15) is 5.11 Å². The van der Waals surface area contributed by atoms with Crippen LogP contribution in [0.15, 0.2) is 24.3 Å². The third-order valence-electron chi connectivity index (χ3n) is 4.28. The number of hydrogen-bond acceptors (Lipinski definition) is 2. The fourth-order valence-electron chi connectivity index (χ4n) is 2.78. The third kappa shape index (κ3) is 4.80. The summed E-state index contributed by atoms with van der Waals surface area (Å²) < 4.78 is 5.67. The SMILES string of the molecule is CCc1ccc(OC[C@H](O)C[NH+]2CCC(C)CC2)cc1. The predicted molar refractivity (Wildman–Crippen MR) is 81.3 cm³/mol. The maximum Gasteiger partial charge on any atom is 0.137 e. The predicted octanol–water partition coefficient (Wildman–Crippen LogP) is 1.30. The Bertz CT molecular complexity index is 382. The maximum absolute atomic E-state index is 10.1. The van der Waals surface area contributed by atoms with Crippen LogP contribution in [-0.2, 0) is 6.42 Å². The minimum absolute atomic E-state index is 0.371. The molecule has 3 heteroatoms. The van der Waals surface area contributed by atoms with Crippen molar-refractivity contribution in [1.29, 1.82) is 0 Å². The highest BCUT2D eigenvalue weighted by Gasteiger charge is 2.21. The number of likely N-dealkylation sites (tertiary alicyclic amines) is 1. The Kier molecular flexibility index (Phi) is 5.86. The second-order valence-corrected chi connectivity index (χ2v) is 6.10. The second kappa shape index (κ2) is 7.65. The largest absolute Gasteiger partial charge is 0.491 e. The van der Waals surface area contributed by atoms with Crippen molar-refractivity contribution in [2.45, 2.75) is 39.2 Å². The lowest BCUT2D eigenvalue weighted by molar-refractivity contribution is -0.909. The van der Waals surface area contributed by atoms with Gasteiger partial charge in [0.1, 0.15) is 25.0 Å². The molecular formula is C17H28NO2+.